The summed E-state index contributed by atoms with van der Waals surface area (Å²) in [5.41, 5.74) is 11.0. The Morgan fingerprint density at radius 1 is 1.16 bits per heavy atom. The van der Waals surface area contributed by atoms with Gasteiger partial charge in [-0.2, -0.15) is 0 Å². The van der Waals surface area contributed by atoms with Crippen molar-refractivity contribution in [2.75, 3.05) is 7.11 Å². The van der Waals surface area contributed by atoms with E-state index in [-0.39, 0.29) is 11.5 Å². The molecule has 2 aromatic rings. The Balaban J connectivity index is 1.58. The topological polar surface area (TPSA) is 72.9 Å². The molecule has 1 aromatic carbocycles. The van der Waals surface area contributed by atoms with Crippen LogP contribution in [0.15, 0.2) is 46.6 Å². The highest BCUT2D eigenvalue weighted by molar-refractivity contribution is 6.41. The molecule has 0 bridgehead atoms. The van der Waals surface area contributed by atoms with E-state index in [9.17, 15) is 0 Å². The number of amidine groups is 1. The maximum atomic E-state index is 7.32. The fourth-order valence-corrected chi connectivity index (χ4v) is 5.59. The largest absolute Gasteiger partial charge is 0.382 e. The average molecular weight is 416 g/mol. The van der Waals surface area contributed by atoms with Gasteiger partial charge in [-0.15, -0.1) is 5.92 Å². The summed E-state index contributed by atoms with van der Waals surface area (Å²) >= 11 is 0. The number of pyridine rings is 1. The van der Waals surface area contributed by atoms with E-state index in [1.54, 1.807) is 19.5 Å². The quantitative estimate of drug-likeness (QED) is 0.746. The van der Waals surface area contributed by atoms with Crippen LogP contribution in [0.1, 0.15) is 60.3 Å². The highest BCUT2D eigenvalue weighted by atomic mass is 16.5. The van der Waals surface area contributed by atoms with E-state index >= 15 is 0 Å². The summed E-state index contributed by atoms with van der Waals surface area (Å²) in [6.45, 7) is -0.372. The Morgan fingerprint density at radius 3 is 2.71 bits per heavy atom. The molecule has 1 unspecified atom stereocenters. The molecule has 2 N–H and O–H groups in total. The molecule has 1 aromatic heterocycles. The second-order valence-electron chi connectivity index (χ2n) is 8.84. The third-order valence-electron chi connectivity index (χ3n) is 7.24. The highest BCUT2D eigenvalue weighted by Crippen LogP contribution is 2.62. The van der Waals surface area contributed by atoms with Crippen LogP contribution in [-0.4, -0.2) is 29.7 Å². The van der Waals surface area contributed by atoms with E-state index in [4.69, 9.17) is 24.6 Å². The van der Waals surface area contributed by atoms with Gasteiger partial charge in [0.1, 0.15) is 5.84 Å². The van der Waals surface area contributed by atoms with Crippen LogP contribution in [0.3, 0.4) is 0 Å². The highest BCUT2D eigenvalue weighted by Gasteiger charge is 2.60. The molecular formula is C26H28N4O. The van der Waals surface area contributed by atoms with Gasteiger partial charge in [-0.3, -0.25) is 9.98 Å². The van der Waals surface area contributed by atoms with Crippen molar-refractivity contribution in [2.24, 2.45) is 21.1 Å². The summed E-state index contributed by atoms with van der Waals surface area (Å²) in [7, 11) is 1.78. The van der Waals surface area contributed by atoms with Gasteiger partial charge in [0.15, 0.2) is 5.66 Å². The van der Waals surface area contributed by atoms with Crippen LogP contribution >= 0.6 is 0 Å². The number of fused-ring (bicyclic) bond motifs is 3. The molecule has 0 amide bonds. The first-order valence-electron chi connectivity index (χ1n) is 12.2. The van der Waals surface area contributed by atoms with E-state index < -0.39 is 12.5 Å². The Bertz CT molecular complexity index is 1240. The number of rotatable bonds is 2. The summed E-state index contributed by atoms with van der Waals surface area (Å²) < 4.78 is 27.6. The van der Waals surface area contributed by atoms with Crippen LogP contribution in [0.5, 0.6) is 0 Å². The minimum Gasteiger partial charge on any atom is -0.382 e. The Morgan fingerprint density at radius 2 is 2.00 bits per heavy atom. The Hall–Kier alpha value is -2.97. The number of nitrogens with zero attached hydrogens (tertiary/aromatic N) is 3. The van der Waals surface area contributed by atoms with Gasteiger partial charge < -0.3 is 10.5 Å². The van der Waals surface area contributed by atoms with Crippen LogP contribution in [-0.2, 0) is 16.8 Å². The maximum absolute atomic E-state index is 7.32. The number of aromatic nitrogens is 1. The second-order valence-corrected chi connectivity index (χ2v) is 8.84. The van der Waals surface area contributed by atoms with E-state index in [0.29, 0.717) is 11.4 Å². The lowest BCUT2D eigenvalue weighted by molar-refractivity contribution is -0.000372. The van der Waals surface area contributed by atoms with Crippen molar-refractivity contribution in [3.05, 3.63) is 53.3 Å². The van der Waals surface area contributed by atoms with Crippen LogP contribution in [0.25, 0.3) is 11.1 Å². The number of benzene rings is 1. The van der Waals surface area contributed by atoms with E-state index in [1.807, 2.05) is 13.0 Å². The summed E-state index contributed by atoms with van der Waals surface area (Å²) in [6.07, 6.45) is 8.46. The molecule has 1 fully saturated rings. The van der Waals surface area contributed by atoms with Gasteiger partial charge >= 0.3 is 0 Å². The van der Waals surface area contributed by atoms with Crippen LogP contribution in [0.4, 0.5) is 0 Å². The van der Waals surface area contributed by atoms with Gasteiger partial charge in [0.05, 0.1) is 11.8 Å². The van der Waals surface area contributed by atoms with Gasteiger partial charge in [-0.05, 0) is 69.1 Å². The third-order valence-corrected chi connectivity index (χ3v) is 7.24. The molecule has 3 aliphatic rings. The SMILES string of the molecule is [2H]C([2H])([2H])C#Cc1cncc(-c2ccc3c(c2)C2(N=C(C)C(N)=N2)C2(CCC(OC)CC2)C3)c1. The zero-order valence-electron chi connectivity index (χ0n) is 20.9. The number of methoxy groups -OCH3 is 1. The second kappa shape index (κ2) is 7.32. The summed E-state index contributed by atoms with van der Waals surface area (Å²) in [5.74, 6) is 5.53. The lowest BCUT2D eigenvalue weighted by Crippen LogP contribution is -2.43. The predicted octanol–water partition coefficient (Wildman–Crippen LogP) is 4.24. The van der Waals surface area contributed by atoms with Crippen molar-refractivity contribution in [1.29, 1.82) is 0 Å². The predicted molar refractivity (Wildman–Crippen MR) is 124 cm³/mol. The maximum Gasteiger partial charge on any atom is 0.184 e. The van der Waals surface area contributed by atoms with Crippen molar-refractivity contribution in [2.45, 2.75) is 57.6 Å². The molecule has 1 aliphatic heterocycles. The Labute approximate surface area is 188 Å². The number of nitrogens with two attached hydrogens (primary N) is 1. The average Bonchev–Trinajstić information content (AvgIpc) is 3.25. The van der Waals surface area contributed by atoms with Crippen molar-refractivity contribution in [1.82, 2.24) is 4.98 Å². The van der Waals surface area contributed by atoms with Gasteiger partial charge in [0.25, 0.3) is 0 Å². The summed E-state index contributed by atoms with van der Waals surface area (Å²) in [4.78, 5) is 14.4. The monoisotopic (exact) mass is 415 g/mol. The van der Waals surface area contributed by atoms with Crippen LogP contribution in [0.2, 0.25) is 0 Å². The zero-order chi connectivity index (χ0) is 24.1. The molecule has 5 nitrogen and oxygen atoms in total. The first-order chi connectivity index (χ1) is 16.1. The van der Waals surface area contributed by atoms with Gasteiger partial charge in [0, 0.05) is 45.7 Å². The molecule has 2 heterocycles. The standard InChI is InChI=1S/C26H28N4O/c1-4-5-18-12-21(16-28-15-18)19-6-7-20-14-25(10-8-22(31-3)9-11-25)26(23(20)13-19)29-17(2)24(27)30-26/h6-7,12-13,15-16,22H,8-11,14H2,1-3H3,(H2,27,30)/i1D3. The van der Waals surface area contributed by atoms with Crippen molar-refractivity contribution < 1.29 is 8.85 Å². The van der Waals surface area contributed by atoms with E-state index in [1.165, 1.54) is 5.56 Å². The van der Waals surface area contributed by atoms with Gasteiger partial charge in [-0.25, -0.2) is 4.99 Å². The number of ether oxygens (including phenoxy) is 1. The van der Waals surface area contributed by atoms with E-state index in [2.05, 4.69) is 35.0 Å². The first-order valence-corrected chi connectivity index (χ1v) is 10.7. The van der Waals surface area contributed by atoms with Crippen LogP contribution < -0.4 is 5.73 Å². The fraction of sp³-hybridized carbons (Fsp3) is 0.423. The molecule has 31 heavy (non-hydrogen) atoms. The normalized spacial score (nSPS) is 30.6. The first kappa shape index (κ1) is 16.7. The van der Waals surface area contributed by atoms with Crippen molar-refractivity contribution in [3.8, 4) is 23.0 Å². The molecule has 0 radical (unpaired) electrons. The minimum absolute atomic E-state index is 0.114. The molecule has 2 aliphatic carbocycles. The molecule has 1 saturated carbocycles. The lowest BCUT2D eigenvalue weighted by atomic mass is 9.65. The van der Waals surface area contributed by atoms with Crippen molar-refractivity contribution >= 4 is 11.5 Å². The smallest absolute Gasteiger partial charge is 0.184 e. The van der Waals surface area contributed by atoms with Gasteiger partial charge in [-0.1, -0.05) is 18.1 Å². The van der Waals surface area contributed by atoms with Gasteiger partial charge in [0.2, 0.25) is 0 Å². The van der Waals surface area contributed by atoms with Crippen molar-refractivity contribution in [3.63, 3.8) is 0 Å². The molecule has 5 rings (SSSR count). The Kier molecular flexibility index (Phi) is 3.94. The molecule has 0 saturated heterocycles. The lowest BCUT2D eigenvalue weighted by Gasteiger charge is -2.44. The van der Waals surface area contributed by atoms with E-state index in [0.717, 1.165) is 54.5 Å². The zero-order valence-corrected chi connectivity index (χ0v) is 17.9. The fourth-order valence-electron chi connectivity index (χ4n) is 5.59. The number of hydrogen-bond donors (Lipinski definition) is 1. The number of hydrogen-bond acceptors (Lipinski definition) is 5. The number of aliphatic imine (C=N–C) groups is 2. The minimum atomic E-state index is -2.30. The van der Waals surface area contributed by atoms with Crippen LogP contribution in [0, 0.1) is 17.3 Å². The summed E-state index contributed by atoms with van der Waals surface area (Å²) in [5, 5.41) is 0. The molecule has 158 valence electrons. The molecule has 2 spiro atoms. The third kappa shape index (κ3) is 3.01. The molecule has 5 heteroatoms. The molecular weight excluding hydrogens is 384 g/mol. The molecule has 1 atom stereocenters. The summed E-state index contributed by atoms with van der Waals surface area (Å²) in [6, 6.07) is 8.28.